The van der Waals surface area contributed by atoms with Gasteiger partial charge < -0.3 is 10.2 Å². The van der Waals surface area contributed by atoms with Gasteiger partial charge in [-0.25, -0.2) is 4.98 Å². The van der Waals surface area contributed by atoms with Crippen LogP contribution in [-0.2, 0) is 11.3 Å². The highest BCUT2D eigenvalue weighted by Gasteiger charge is 2.16. The maximum absolute atomic E-state index is 12.0. The van der Waals surface area contributed by atoms with Gasteiger partial charge in [0.1, 0.15) is 0 Å². The van der Waals surface area contributed by atoms with Crippen molar-refractivity contribution in [1.29, 1.82) is 0 Å². The molecule has 0 aliphatic carbocycles. The first-order chi connectivity index (χ1) is 9.09. The Morgan fingerprint density at radius 1 is 1.47 bits per heavy atom. The topological polar surface area (TPSA) is 67.2 Å². The van der Waals surface area contributed by atoms with Crippen LogP contribution in [0.3, 0.4) is 0 Å². The quantitative estimate of drug-likeness (QED) is 0.754. The predicted octanol–water partition coefficient (Wildman–Crippen LogP) is -0.0218. The molecule has 0 unspecified atom stereocenters. The first kappa shape index (κ1) is 14.4. The average molecular weight is 376 g/mol. The van der Waals surface area contributed by atoms with Crippen molar-refractivity contribution in [2.24, 2.45) is 0 Å². The first-order valence-corrected chi connectivity index (χ1v) is 7.37. The van der Waals surface area contributed by atoms with Crippen molar-refractivity contribution < 1.29 is 4.79 Å². The number of aryl methyl sites for hydroxylation is 2. The van der Waals surface area contributed by atoms with E-state index in [4.69, 9.17) is 0 Å². The Kier molecular flexibility index (Phi) is 4.92. The van der Waals surface area contributed by atoms with E-state index in [-0.39, 0.29) is 11.5 Å². The van der Waals surface area contributed by atoms with Crippen molar-refractivity contribution in [3.8, 4) is 0 Å². The summed E-state index contributed by atoms with van der Waals surface area (Å²) in [6, 6.07) is 0. The van der Waals surface area contributed by atoms with Crippen molar-refractivity contribution >= 4 is 28.5 Å². The van der Waals surface area contributed by atoms with Gasteiger partial charge in [0.15, 0.2) is 0 Å². The molecular weight excluding hydrogens is 359 g/mol. The van der Waals surface area contributed by atoms with Crippen LogP contribution in [0.2, 0.25) is 0 Å². The third kappa shape index (κ3) is 3.53. The van der Waals surface area contributed by atoms with Crippen molar-refractivity contribution in [2.75, 3.05) is 26.2 Å². The maximum Gasteiger partial charge on any atom is 0.267 e. The second-order valence-corrected chi connectivity index (χ2v) is 5.60. The molecule has 0 aromatic carbocycles. The average Bonchev–Trinajstić information content (AvgIpc) is 2.45. The van der Waals surface area contributed by atoms with Gasteiger partial charge in [-0.05, 0) is 29.5 Å². The number of piperazine rings is 1. The molecule has 1 aliphatic rings. The van der Waals surface area contributed by atoms with Crippen molar-refractivity contribution in [3.63, 3.8) is 0 Å². The SMILES string of the molecule is Cc1ncn(CCC(=O)N2CCNCC2)c(=O)c1I. The zero-order valence-electron chi connectivity index (χ0n) is 10.9. The van der Waals surface area contributed by atoms with Crippen molar-refractivity contribution in [1.82, 2.24) is 19.8 Å². The van der Waals surface area contributed by atoms with E-state index in [9.17, 15) is 9.59 Å². The summed E-state index contributed by atoms with van der Waals surface area (Å²) in [4.78, 5) is 29.9. The Hall–Kier alpha value is -0.960. The lowest BCUT2D eigenvalue weighted by atomic mass is 10.3. The van der Waals surface area contributed by atoms with E-state index in [1.54, 1.807) is 6.92 Å². The highest BCUT2D eigenvalue weighted by molar-refractivity contribution is 14.1. The summed E-state index contributed by atoms with van der Waals surface area (Å²) in [5.74, 6) is 0.101. The molecule has 2 rings (SSSR count). The minimum absolute atomic E-state index is 0.0683. The molecule has 1 N–H and O–H groups in total. The van der Waals surface area contributed by atoms with Gasteiger partial charge in [0, 0.05) is 39.1 Å². The molecule has 1 fully saturated rings. The summed E-state index contributed by atoms with van der Waals surface area (Å²) in [5.41, 5.74) is 0.663. The van der Waals surface area contributed by atoms with E-state index in [1.807, 2.05) is 27.5 Å². The molecule has 2 heterocycles. The third-order valence-corrected chi connectivity index (χ3v) is 4.44. The molecule has 1 aromatic rings. The molecule has 0 radical (unpaired) electrons. The van der Waals surface area contributed by atoms with Gasteiger partial charge in [-0.1, -0.05) is 0 Å². The minimum Gasteiger partial charge on any atom is -0.340 e. The number of hydrogen-bond donors (Lipinski definition) is 1. The summed E-state index contributed by atoms with van der Waals surface area (Å²) in [6.45, 7) is 5.38. The van der Waals surface area contributed by atoms with Gasteiger partial charge in [0.2, 0.25) is 5.91 Å². The number of hydrogen-bond acceptors (Lipinski definition) is 4. The molecule has 7 heteroatoms. The number of aromatic nitrogens is 2. The number of nitrogens with zero attached hydrogens (tertiary/aromatic N) is 3. The molecule has 0 spiro atoms. The number of nitrogens with one attached hydrogen (secondary N) is 1. The second kappa shape index (κ2) is 6.47. The van der Waals surface area contributed by atoms with E-state index in [2.05, 4.69) is 10.3 Å². The third-order valence-electron chi connectivity index (χ3n) is 3.19. The Labute approximate surface area is 125 Å². The monoisotopic (exact) mass is 376 g/mol. The molecule has 6 nitrogen and oxygen atoms in total. The maximum atomic E-state index is 12.0. The molecule has 1 aliphatic heterocycles. The van der Waals surface area contributed by atoms with Crippen molar-refractivity contribution in [3.05, 3.63) is 25.9 Å². The van der Waals surface area contributed by atoms with E-state index < -0.39 is 0 Å². The van der Waals surface area contributed by atoms with Crippen LogP contribution < -0.4 is 10.9 Å². The van der Waals surface area contributed by atoms with Gasteiger partial charge in [-0.15, -0.1) is 0 Å². The predicted molar refractivity (Wildman–Crippen MR) is 80.0 cm³/mol. The standard InChI is InChI=1S/C12H17IN4O2/c1-9-11(13)12(19)17(8-15-9)5-2-10(18)16-6-3-14-4-7-16/h8,14H,2-7H2,1H3. The Morgan fingerprint density at radius 2 is 2.16 bits per heavy atom. The van der Waals surface area contributed by atoms with Crippen LogP contribution in [0.5, 0.6) is 0 Å². The number of amides is 1. The minimum atomic E-state index is -0.0683. The molecule has 104 valence electrons. The molecule has 0 bridgehead atoms. The molecule has 1 aromatic heterocycles. The molecule has 19 heavy (non-hydrogen) atoms. The van der Waals surface area contributed by atoms with E-state index in [0.29, 0.717) is 16.5 Å². The number of carbonyl (C=O) groups excluding carboxylic acids is 1. The Bertz CT molecular complexity index is 523. The molecule has 0 atom stereocenters. The van der Waals surface area contributed by atoms with Gasteiger partial charge in [-0.3, -0.25) is 14.2 Å². The smallest absolute Gasteiger partial charge is 0.267 e. The van der Waals surface area contributed by atoms with Gasteiger partial charge in [0.25, 0.3) is 5.56 Å². The summed E-state index contributed by atoms with van der Waals surface area (Å²) in [5, 5.41) is 3.21. The largest absolute Gasteiger partial charge is 0.340 e. The molecule has 0 saturated carbocycles. The number of carbonyl (C=O) groups is 1. The van der Waals surface area contributed by atoms with Crippen LogP contribution in [0.1, 0.15) is 12.1 Å². The zero-order chi connectivity index (χ0) is 13.8. The van der Waals surface area contributed by atoms with Gasteiger partial charge >= 0.3 is 0 Å². The fraction of sp³-hybridized carbons (Fsp3) is 0.583. The molecule has 1 amide bonds. The molecular formula is C12H17IN4O2. The summed E-state index contributed by atoms with van der Waals surface area (Å²) in [7, 11) is 0. The van der Waals surface area contributed by atoms with Crippen LogP contribution >= 0.6 is 22.6 Å². The van der Waals surface area contributed by atoms with E-state index in [0.717, 1.165) is 31.9 Å². The van der Waals surface area contributed by atoms with Gasteiger partial charge in [0.05, 0.1) is 15.6 Å². The van der Waals surface area contributed by atoms with E-state index in [1.165, 1.54) is 10.9 Å². The lowest BCUT2D eigenvalue weighted by Crippen LogP contribution is -2.46. The number of halogens is 1. The van der Waals surface area contributed by atoms with E-state index >= 15 is 0 Å². The fourth-order valence-corrected chi connectivity index (χ4v) is 2.44. The highest BCUT2D eigenvalue weighted by atomic mass is 127. The highest BCUT2D eigenvalue weighted by Crippen LogP contribution is 2.03. The lowest BCUT2D eigenvalue weighted by molar-refractivity contribution is -0.132. The van der Waals surface area contributed by atoms with Crippen molar-refractivity contribution in [2.45, 2.75) is 19.9 Å². The summed E-state index contributed by atoms with van der Waals surface area (Å²) in [6.07, 6.45) is 1.87. The Balaban J connectivity index is 1.97. The second-order valence-electron chi connectivity index (χ2n) is 4.52. The normalized spacial score (nSPS) is 15.6. The molecule has 1 saturated heterocycles. The van der Waals surface area contributed by atoms with Crippen LogP contribution in [0, 0.1) is 10.5 Å². The summed E-state index contributed by atoms with van der Waals surface area (Å²) < 4.78 is 2.13. The number of rotatable bonds is 3. The summed E-state index contributed by atoms with van der Waals surface area (Å²) >= 11 is 2.00. The first-order valence-electron chi connectivity index (χ1n) is 6.29. The fourth-order valence-electron chi connectivity index (χ4n) is 1.99. The van der Waals surface area contributed by atoms with Crippen LogP contribution in [0.4, 0.5) is 0 Å². The lowest BCUT2D eigenvalue weighted by Gasteiger charge is -2.27. The zero-order valence-corrected chi connectivity index (χ0v) is 13.0. The Morgan fingerprint density at radius 3 is 2.84 bits per heavy atom. The van der Waals surface area contributed by atoms with Crippen LogP contribution in [-0.4, -0.2) is 46.5 Å². The van der Waals surface area contributed by atoms with Crippen LogP contribution in [0.25, 0.3) is 0 Å². The van der Waals surface area contributed by atoms with Crippen LogP contribution in [0.15, 0.2) is 11.1 Å². The van der Waals surface area contributed by atoms with Gasteiger partial charge in [-0.2, -0.15) is 0 Å².